The number of halogens is 3. The highest BCUT2D eigenvalue weighted by Crippen LogP contribution is 2.44. The van der Waals surface area contributed by atoms with Crippen molar-refractivity contribution in [1.29, 1.82) is 5.26 Å². The highest BCUT2D eigenvalue weighted by atomic mass is 35.5. The zero-order valence-corrected chi connectivity index (χ0v) is 25.0. The van der Waals surface area contributed by atoms with E-state index in [1.165, 1.54) is 28.1 Å². The summed E-state index contributed by atoms with van der Waals surface area (Å²) < 4.78 is 27.4. The summed E-state index contributed by atoms with van der Waals surface area (Å²) in [5.74, 6) is -3.84. The first-order valence-electron chi connectivity index (χ1n) is 14.3. The van der Waals surface area contributed by atoms with E-state index >= 15 is 0 Å². The van der Waals surface area contributed by atoms with E-state index in [1.54, 1.807) is 50.3 Å². The fraction of sp³-hybridized carbons (Fsp3) is 0.419. The molecule has 0 bridgehead atoms. The molecule has 2 aliphatic carbocycles. The molecule has 0 spiro atoms. The van der Waals surface area contributed by atoms with Crippen molar-refractivity contribution < 1.29 is 28.3 Å². The number of aromatic nitrogens is 1. The van der Waals surface area contributed by atoms with Crippen LogP contribution in [0.15, 0.2) is 66.0 Å². The Morgan fingerprint density at radius 1 is 1.32 bits per heavy atom. The minimum absolute atomic E-state index is 0.0125. The number of amides is 2. The number of pyridine rings is 1. The Bertz CT molecular complexity index is 1590. The number of aliphatic hydroxyl groups is 1. The van der Waals surface area contributed by atoms with E-state index in [4.69, 9.17) is 11.6 Å². The van der Waals surface area contributed by atoms with Gasteiger partial charge in [0.1, 0.15) is 16.7 Å². The van der Waals surface area contributed by atoms with E-state index in [1.807, 2.05) is 6.07 Å². The molecule has 2 amide bonds. The van der Waals surface area contributed by atoms with Gasteiger partial charge in [0.05, 0.1) is 38.8 Å². The van der Waals surface area contributed by atoms with Crippen molar-refractivity contribution in [3.05, 3.63) is 87.1 Å². The lowest BCUT2D eigenvalue weighted by atomic mass is 9.89. The van der Waals surface area contributed by atoms with Gasteiger partial charge in [-0.25, -0.2) is 18.7 Å². The molecule has 13 heteroatoms. The van der Waals surface area contributed by atoms with Crippen LogP contribution in [-0.4, -0.2) is 55.3 Å². The lowest BCUT2D eigenvalue weighted by Gasteiger charge is -2.35. The first-order valence-corrected chi connectivity index (χ1v) is 14.7. The molecule has 2 heterocycles. The van der Waals surface area contributed by atoms with Crippen LogP contribution in [0.3, 0.4) is 0 Å². The van der Waals surface area contributed by atoms with Gasteiger partial charge in [-0.15, -0.1) is 5.43 Å². The summed E-state index contributed by atoms with van der Waals surface area (Å²) in [5, 5.41) is 20.4. The van der Waals surface area contributed by atoms with Crippen LogP contribution in [0.1, 0.15) is 69.7 Å². The number of carbonyl (C=O) groups is 2. The van der Waals surface area contributed by atoms with Gasteiger partial charge in [-0.05, 0) is 69.0 Å². The molecule has 1 aliphatic heterocycles. The third-order valence-electron chi connectivity index (χ3n) is 8.22. The number of benzene rings is 1. The molecule has 5 rings (SSSR count). The van der Waals surface area contributed by atoms with Gasteiger partial charge < -0.3 is 5.11 Å². The maximum atomic E-state index is 14.7. The summed E-state index contributed by atoms with van der Waals surface area (Å²) in [6, 6.07) is 9.31. The largest absolute Gasteiger partial charge is 0.385 e. The standard InChI is InChI=1S/C31H32ClF2N6O4/c1-3-21(30(43)11-12-30)14-19(2)38(29(42)25-8-9-27(41)39(25)26-15-20(18-35)10-13-36-26)28(23-6-4-5-7-24(23)32)40(44)37-22-16-31(33,34)17-22/h3-7,10,13-15,22,25,28,43H,8-9,11-12,16-17H2,1-2H3,(H,37,44)/q+1. The molecule has 0 radical (unpaired) electrons. The smallest absolute Gasteiger partial charge is 0.341 e. The number of nitrogens with one attached hydrogen (secondary N) is 1. The predicted octanol–water partition coefficient (Wildman–Crippen LogP) is 5.09. The zero-order valence-electron chi connectivity index (χ0n) is 24.2. The number of nitroso groups, excluding NO2 is 1. The van der Waals surface area contributed by atoms with Gasteiger partial charge >= 0.3 is 6.17 Å². The van der Waals surface area contributed by atoms with E-state index in [9.17, 15) is 33.6 Å². The number of anilines is 1. The lowest BCUT2D eigenvalue weighted by Crippen LogP contribution is -2.56. The van der Waals surface area contributed by atoms with Gasteiger partial charge in [-0.1, -0.05) is 29.8 Å². The predicted molar refractivity (Wildman–Crippen MR) is 157 cm³/mol. The summed E-state index contributed by atoms with van der Waals surface area (Å²) >= 11 is 6.58. The van der Waals surface area contributed by atoms with Crippen LogP contribution in [0.2, 0.25) is 5.02 Å². The van der Waals surface area contributed by atoms with Crippen molar-refractivity contribution in [1.82, 2.24) is 15.3 Å². The normalized spacial score (nSPS) is 21.7. The van der Waals surface area contributed by atoms with Gasteiger partial charge in [0.25, 0.3) is 11.8 Å². The molecule has 44 heavy (non-hydrogen) atoms. The summed E-state index contributed by atoms with van der Waals surface area (Å²) in [5.41, 5.74) is 2.76. The van der Waals surface area contributed by atoms with Crippen LogP contribution < -0.4 is 10.3 Å². The average molecular weight is 626 g/mol. The monoisotopic (exact) mass is 625 g/mol. The van der Waals surface area contributed by atoms with Gasteiger partial charge in [0, 0.05) is 31.2 Å². The number of allylic oxidation sites excluding steroid dienone is 2. The maximum Gasteiger partial charge on any atom is 0.341 e. The average Bonchev–Trinajstić information content (AvgIpc) is 3.61. The van der Waals surface area contributed by atoms with Gasteiger partial charge in [0.2, 0.25) is 5.91 Å². The second-order valence-corrected chi connectivity index (χ2v) is 11.8. The Morgan fingerprint density at radius 3 is 2.64 bits per heavy atom. The highest BCUT2D eigenvalue weighted by Gasteiger charge is 2.52. The fourth-order valence-corrected chi connectivity index (χ4v) is 5.95. The molecular formula is C31H32ClF2N6O4+. The topological polar surface area (TPSA) is 130 Å². The number of alkyl halides is 2. The first-order chi connectivity index (χ1) is 20.9. The molecule has 1 aromatic carbocycles. The second-order valence-electron chi connectivity index (χ2n) is 11.4. The number of hydrogen-bond acceptors (Lipinski definition) is 6. The van der Waals surface area contributed by atoms with E-state index in [2.05, 4.69) is 10.4 Å². The summed E-state index contributed by atoms with van der Waals surface area (Å²) in [7, 11) is 0. The van der Waals surface area contributed by atoms with Crippen molar-refractivity contribution in [2.45, 2.75) is 82.1 Å². The number of hydrogen-bond donors (Lipinski definition) is 2. The van der Waals surface area contributed by atoms with E-state index in [0.717, 1.165) is 0 Å². The fourth-order valence-electron chi connectivity index (χ4n) is 5.72. The van der Waals surface area contributed by atoms with Crippen LogP contribution in [0.5, 0.6) is 0 Å². The molecule has 10 nitrogen and oxygen atoms in total. The molecule has 3 aliphatic rings. The Hall–Kier alpha value is -4.21. The molecule has 230 valence electrons. The van der Waals surface area contributed by atoms with Crippen LogP contribution in [0.25, 0.3) is 0 Å². The Labute approximate surface area is 258 Å². The minimum atomic E-state index is -2.90. The first kappa shape index (κ1) is 31.2. The number of rotatable bonds is 10. The van der Waals surface area contributed by atoms with Crippen LogP contribution in [0.4, 0.5) is 14.6 Å². The van der Waals surface area contributed by atoms with Crippen molar-refractivity contribution >= 4 is 29.2 Å². The van der Waals surface area contributed by atoms with Crippen molar-refractivity contribution in [3.63, 3.8) is 0 Å². The third-order valence-corrected chi connectivity index (χ3v) is 8.57. The summed E-state index contributed by atoms with van der Waals surface area (Å²) in [4.78, 5) is 48.7. The van der Waals surface area contributed by atoms with Crippen molar-refractivity contribution in [2.75, 3.05) is 4.90 Å². The zero-order chi connectivity index (χ0) is 31.8. The lowest BCUT2D eigenvalue weighted by molar-refractivity contribution is -0.671. The van der Waals surface area contributed by atoms with E-state index in [-0.39, 0.29) is 40.5 Å². The minimum Gasteiger partial charge on any atom is -0.385 e. The number of hydrazine groups is 1. The van der Waals surface area contributed by atoms with E-state index in [0.29, 0.717) is 23.3 Å². The third kappa shape index (κ3) is 6.21. The Balaban J connectivity index is 1.61. The van der Waals surface area contributed by atoms with Gasteiger partial charge in [-0.2, -0.15) is 5.26 Å². The van der Waals surface area contributed by atoms with Crippen molar-refractivity contribution in [2.24, 2.45) is 0 Å². The molecule has 2 saturated carbocycles. The molecule has 2 unspecified atom stereocenters. The SMILES string of the molecule is CC=C(C=C(C)N(C(=O)C1CCC(=O)N1c1cc(C#N)ccn1)C(c1ccccc1Cl)[N+](=O)NC1CC(F)(F)C1)C1(O)CC1. The Kier molecular flexibility index (Phi) is 8.55. The maximum absolute atomic E-state index is 14.7. The van der Waals surface area contributed by atoms with Crippen LogP contribution in [-0.2, 0) is 9.59 Å². The van der Waals surface area contributed by atoms with Gasteiger partial charge in [0.15, 0.2) is 0 Å². The number of nitriles is 1. The Morgan fingerprint density at radius 2 is 2.02 bits per heavy atom. The second kappa shape index (κ2) is 12.1. The quantitative estimate of drug-likeness (QED) is 0.163. The molecule has 3 fully saturated rings. The number of nitrogens with zero attached hydrogens (tertiary/aromatic N) is 5. The molecule has 2 aromatic rings. The number of carbonyl (C=O) groups excluding carboxylic acids is 2. The summed E-state index contributed by atoms with van der Waals surface area (Å²) in [6.45, 7) is 3.34. The van der Waals surface area contributed by atoms with Crippen LogP contribution >= 0.6 is 11.6 Å². The van der Waals surface area contributed by atoms with Crippen LogP contribution in [0, 0.1) is 16.2 Å². The molecule has 1 saturated heterocycles. The van der Waals surface area contributed by atoms with E-state index < -0.39 is 54.4 Å². The highest BCUT2D eigenvalue weighted by molar-refractivity contribution is 6.31. The molecule has 2 atom stereocenters. The van der Waals surface area contributed by atoms with Crippen molar-refractivity contribution in [3.8, 4) is 6.07 Å². The van der Waals surface area contributed by atoms with Gasteiger partial charge in [-0.3, -0.25) is 14.5 Å². The molecule has 2 N–H and O–H groups in total. The molecule has 1 aromatic heterocycles. The molecular weight excluding hydrogens is 594 g/mol. The summed E-state index contributed by atoms with van der Waals surface area (Å²) in [6.07, 6.45) is 3.26.